The van der Waals surface area contributed by atoms with E-state index in [-0.39, 0.29) is 17.2 Å². The minimum absolute atomic E-state index is 0.0629. The minimum atomic E-state index is -0.650. The van der Waals surface area contributed by atoms with E-state index in [1.54, 1.807) is 24.3 Å². The third kappa shape index (κ3) is 4.53. The number of carbonyl (C=O) groups is 1. The zero-order valence-electron chi connectivity index (χ0n) is 15.5. The average molecular weight is 395 g/mol. The van der Waals surface area contributed by atoms with Gasteiger partial charge in [0.1, 0.15) is 12.1 Å². The molecule has 0 spiro atoms. The van der Waals surface area contributed by atoms with Crippen molar-refractivity contribution in [1.82, 2.24) is 20.4 Å². The zero-order valence-corrected chi connectivity index (χ0v) is 15.5. The first-order chi connectivity index (χ1) is 14.0. The molecule has 11 nitrogen and oxygen atoms in total. The van der Waals surface area contributed by atoms with Crippen molar-refractivity contribution in [3.8, 4) is 5.75 Å². The van der Waals surface area contributed by atoms with Gasteiger partial charge >= 0.3 is 5.69 Å². The predicted molar refractivity (Wildman–Crippen MR) is 105 cm³/mol. The van der Waals surface area contributed by atoms with E-state index in [2.05, 4.69) is 31.1 Å². The lowest BCUT2D eigenvalue weighted by Gasteiger charge is -2.13. The lowest BCUT2D eigenvalue weighted by atomic mass is 10.2. The average Bonchev–Trinajstić information content (AvgIpc) is 2.72. The molecule has 0 atom stereocenters. The van der Waals surface area contributed by atoms with Crippen LogP contribution in [0.25, 0.3) is 0 Å². The molecule has 3 rings (SSSR count). The van der Waals surface area contributed by atoms with Crippen molar-refractivity contribution in [2.24, 2.45) is 0 Å². The summed E-state index contributed by atoms with van der Waals surface area (Å²) in [6, 6.07) is 8.49. The van der Waals surface area contributed by atoms with Crippen LogP contribution in [0.4, 0.5) is 23.0 Å². The van der Waals surface area contributed by atoms with Gasteiger partial charge < -0.3 is 10.1 Å². The Labute approximate surface area is 165 Å². The molecule has 148 valence electrons. The number of nitrogens with zero attached hydrogens (tertiary/aromatic N) is 4. The molecule has 2 aromatic heterocycles. The molecule has 0 fully saturated rings. The van der Waals surface area contributed by atoms with Crippen molar-refractivity contribution in [2.45, 2.75) is 6.92 Å². The second-order valence-electron chi connectivity index (χ2n) is 5.83. The van der Waals surface area contributed by atoms with Crippen LogP contribution in [0.2, 0.25) is 0 Å². The molecular weight excluding hydrogens is 378 g/mol. The van der Waals surface area contributed by atoms with Gasteiger partial charge in [-0.1, -0.05) is 6.07 Å². The monoisotopic (exact) mass is 395 g/mol. The highest BCUT2D eigenvalue weighted by Gasteiger charge is 2.24. The van der Waals surface area contributed by atoms with Gasteiger partial charge in [-0.25, -0.2) is 9.97 Å². The number of aromatic nitrogens is 3. The highest BCUT2D eigenvalue weighted by atomic mass is 16.6. The molecule has 3 N–H and O–H groups in total. The molecule has 2 heterocycles. The van der Waals surface area contributed by atoms with Crippen molar-refractivity contribution in [2.75, 3.05) is 17.9 Å². The molecule has 0 saturated heterocycles. The van der Waals surface area contributed by atoms with E-state index in [0.717, 1.165) is 11.9 Å². The summed E-state index contributed by atoms with van der Waals surface area (Å²) in [7, 11) is 1.49. The Bertz CT molecular complexity index is 1040. The molecule has 0 unspecified atom stereocenters. The predicted octanol–water partition coefficient (Wildman–Crippen LogP) is 2.60. The highest BCUT2D eigenvalue weighted by Crippen LogP contribution is 2.34. The Morgan fingerprint density at radius 1 is 1.21 bits per heavy atom. The molecule has 0 aliphatic carbocycles. The topological polar surface area (TPSA) is 144 Å². The van der Waals surface area contributed by atoms with Gasteiger partial charge in [0, 0.05) is 12.4 Å². The smallest absolute Gasteiger partial charge is 0.355 e. The van der Waals surface area contributed by atoms with Crippen molar-refractivity contribution >= 4 is 28.9 Å². The number of hydrazine groups is 1. The number of anilines is 3. The SMILES string of the molecule is COc1ccc(C)cc1Nc1ncnc(NNC(=O)c2cccnc2)c1[N+](=O)[O-]. The first-order valence-electron chi connectivity index (χ1n) is 8.37. The van der Waals surface area contributed by atoms with Crippen LogP contribution in [0.1, 0.15) is 15.9 Å². The van der Waals surface area contributed by atoms with Crippen LogP contribution in [0.3, 0.4) is 0 Å². The molecule has 0 aliphatic rings. The molecule has 0 aliphatic heterocycles. The van der Waals surface area contributed by atoms with Gasteiger partial charge in [0.25, 0.3) is 5.91 Å². The van der Waals surface area contributed by atoms with Crippen molar-refractivity contribution in [1.29, 1.82) is 0 Å². The molecule has 1 amide bonds. The second-order valence-corrected chi connectivity index (χ2v) is 5.83. The summed E-state index contributed by atoms with van der Waals surface area (Å²) in [5.41, 5.74) is 6.08. The van der Waals surface area contributed by atoms with E-state index in [4.69, 9.17) is 4.74 Å². The number of aryl methyl sites for hydroxylation is 1. The first kappa shape index (κ1) is 19.5. The van der Waals surface area contributed by atoms with Crippen LogP contribution in [0.5, 0.6) is 5.75 Å². The third-order valence-electron chi connectivity index (χ3n) is 3.83. The number of methoxy groups -OCH3 is 1. The Balaban J connectivity index is 1.88. The van der Waals surface area contributed by atoms with E-state index in [1.807, 2.05) is 13.0 Å². The maximum atomic E-state index is 12.1. The fraction of sp³-hybridized carbons (Fsp3) is 0.111. The molecule has 3 aromatic rings. The standard InChI is InChI=1S/C18H17N7O4/c1-11-5-6-14(29-2)13(8-11)22-16-15(25(27)28)17(21-10-20-16)23-24-18(26)12-4-3-7-19-9-12/h3-10H,1-2H3,(H,24,26)(H2,20,21,22,23). The summed E-state index contributed by atoms with van der Waals surface area (Å²) in [4.78, 5) is 34.8. The van der Waals surface area contributed by atoms with Gasteiger partial charge in [0.15, 0.2) is 0 Å². The van der Waals surface area contributed by atoms with Gasteiger partial charge in [0.05, 0.1) is 23.3 Å². The van der Waals surface area contributed by atoms with Gasteiger partial charge in [-0.3, -0.25) is 30.7 Å². The Hall–Kier alpha value is -4.28. The van der Waals surface area contributed by atoms with E-state index in [9.17, 15) is 14.9 Å². The number of ether oxygens (including phenoxy) is 1. The Morgan fingerprint density at radius 2 is 2.00 bits per heavy atom. The van der Waals surface area contributed by atoms with E-state index in [1.165, 1.54) is 19.5 Å². The summed E-state index contributed by atoms with van der Waals surface area (Å²) in [5.74, 6) is -0.285. The third-order valence-corrected chi connectivity index (χ3v) is 3.83. The van der Waals surface area contributed by atoms with Crippen molar-refractivity contribution in [3.05, 3.63) is 70.3 Å². The Kier molecular flexibility index (Phi) is 5.78. The van der Waals surface area contributed by atoms with Crippen LogP contribution in [-0.4, -0.2) is 32.9 Å². The fourth-order valence-electron chi connectivity index (χ4n) is 2.47. The van der Waals surface area contributed by atoms with Crippen molar-refractivity contribution < 1.29 is 14.5 Å². The van der Waals surface area contributed by atoms with Crippen LogP contribution in [-0.2, 0) is 0 Å². The normalized spacial score (nSPS) is 10.1. The molecule has 11 heteroatoms. The summed E-state index contributed by atoms with van der Waals surface area (Å²) in [6.07, 6.45) is 4.02. The lowest BCUT2D eigenvalue weighted by molar-refractivity contribution is -0.383. The zero-order chi connectivity index (χ0) is 20.8. The number of amides is 1. The molecular formula is C18H17N7O4. The molecule has 29 heavy (non-hydrogen) atoms. The molecule has 1 aromatic carbocycles. The van der Waals surface area contributed by atoms with Gasteiger partial charge in [0.2, 0.25) is 11.6 Å². The number of benzene rings is 1. The largest absolute Gasteiger partial charge is 0.495 e. The number of hydrogen-bond donors (Lipinski definition) is 3. The van der Waals surface area contributed by atoms with Crippen molar-refractivity contribution in [3.63, 3.8) is 0 Å². The van der Waals surface area contributed by atoms with Crippen LogP contribution in [0.15, 0.2) is 49.1 Å². The molecule has 0 bridgehead atoms. The van der Waals surface area contributed by atoms with Gasteiger partial charge in [-0.05, 0) is 36.8 Å². The van der Waals surface area contributed by atoms with Crippen LogP contribution in [0, 0.1) is 17.0 Å². The summed E-state index contributed by atoms with van der Waals surface area (Å²) >= 11 is 0. The number of rotatable bonds is 7. The minimum Gasteiger partial charge on any atom is -0.495 e. The number of carbonyl (C=O) groups excluding carboxylic acids is 1. The maximum Gasteiger partial charge on any atom is 0.355 e. The second kappa shape index (κ2) is 8.61. The van der Waals surface area contributed by atoms with Crippen LogP contribution < -0.4 is 20.9 Å². The summed E-state index contributed by atoms with van der Waals surface area (Å²) < 4.78 is 5.28. The van der Waals surface area contributed by atoms with E-state index in [0.29, 0.717) is 11.4 Å². The number of hydrogen-bond acceptors (Lipinski definition) is 9. The van der Waals surface area contributed by atoms with E-state index < -0.39 is 16.5 Å². The quantitative estimate of drug-likeness (QED) is 0.406. The summed E-state index contributed by atoms with van der Waals surface area (Å²) in [6.45, 7) is 1.87. The number of nitrogens with one attached hydrogen (secondary N) is 3. The number of nitro groups is 1. The molecule has 0 radical (unpaired) electrons. The fourth-order valence-corrected chi connectivity index (χ4v) is 2.47. The molecule has 0 saturated carbocycles. The Morgan fingerprint density at radius 3 is 2.69 bits per heavy atom. The lowest BCUT2D eigenvalue weighted by Crippen LogP contribution is -2.30. The number of pyridine rings is 1. The highest BCUT2D eigenvalue weighted by molar-refractivity contribution is 5.94. The maximum absolute atomic E-state index is 12.1. The van der Waals surface area contributed by atoms with Gasteiger partial charge in [-0.2, -0.15) is 0 Å². The van der Waals surface area contributed by atoms with Crippen LogP contribution >= 0.6 is 0 Å². The van der Waals surface area contributed by atoms with E-state index >= 15 is 0 Å². The first-order valence-corrected chi connectivity index (χ1v) is 8.37. The van der Waals surface area contributed by atoms with Gasteiger partial charge in [-0.15, -0.1) is 0 Å². The summed E-state index contributed by atoms with van der Waals surface area (Å²) in [5, 5.41) is 14.6.